The van der Waals surface area contributed by atoms with E-state index in [1.807, 2.05) is 24.3 Å². The van der Waals surface area contributed by atoms with Crippen molar-refractivity contribution in [2.24, 2.45) is 0 Å². The summed E-state index contributed by atoms with van der Waals surface area (Å²) in [7, 11) is 1.33. The highest BCUT2D eigenvalue weighted by Crippen LogP contribution is 2.35. The largest absolute Gasteiger partial charge is 0.465 e. The molecule has 0 aromatic heterocycles. The van der Waals surface area contributed by atoms with Gasteiger partial charge in [0.1, 0.15) is 0 Å². The predicted octanol–water partition coefficient (Wildman–Crippen LogP) is 4.65. The lowest BCUT2D eigenvalue weighted by molar-refractivity contribution is 0.0597. The average molecular weight is 342 g/mol. The van der Waals surface area contributed by atoms with Crippen LogP contribution in [0.2, 0.25) is 10.0 Å². The molecule has 2 N–H and O–H groups in total. The van der Waals surface area contributed by atoms with E-state index >= 15 is 0 Å². The Kier molecular flexibility index (Phi) is 5.39. The van der Waals surface area contributed by atoms with Crippen LogP contribution in [-0.4, -0.2) is 13.1 Å². The number of hydrogen-bond acceptors (Lipinski definition) is 4. The molecule has 0 amide bonds. The van der Waals surface area contributed by atoms with Crippen LogP contribution in [0.1, 0.15) is 15.9 Å². The van der Waals surface area contributed by atoms with Gasteiger partial charge in [0.15, 0.2) is 0 Å². The summed E-state index contributed by atoms with van der Waals surface area (Å²) < 4.78 is 4.77. The fourth-order valence-corrected chi connectivity index (χ4v) is 3.27. The summed E-state index contributed by atoms with van der Waals surface area (Å²) in [4.78, 5) is 12.5. The number of nitrogens with two attached hydrogens (primary N) is 1. The fourth-order valence-electron chi connectivity index (χ4n) is 1.76. The van der Waals surface area contributed by atoms with Crippen molar-refractivity contribution in [2.75, 3.05) is 12.8 Å². The molecule has 0 spiro atoms. The molecule has 3 nitrogen and oxygen atoms in total. The molecule has 0 aliphatic rings. The van der Waals surface area contributed by atoms with Crippen LogP contribution < -0.4 is 5.73 Å². The molecule has 0 aliphatic heterocycles. The molecule has 0 atom stereocenters. The second-order valence-electron chi connectivity index (χ2n) is 4.29. The molecule has 0 fully saturated rings. The summed E-state index contributed by atoms with van der Waals surface area (Å²) in [6.07, 6.45) is 0. The summed E-state index contributed by atoms with van der Waals surface area (Å²) in [5, 5.41) is 1.12. The maximum Gasteiger partial charge on any atom is 0.339 e. The first kappa shape index (κ1) is 16.0. The highest BCUT2D eigenvalue weighted by Gasteiger charge is 2.16. The number of ether oxygens (including phenoxy) is 1. The van der Waals surface area contributed by atoms with Crippen LogP contribution in [0.25, 0.3) is 0 Å². The topological polar surface area (TPSA) is 52.3 Å². The maximum atomic E-state index is 11.8. The van der Waals surface area contributed by atoms with E-state index in [0.29, 0.717) is 31.9 Å². The molecule has 0 aliphatic carbocycles. The van der Waals surface area contributed by atoms with E-state index < -0.39 is 5.97 Å². The van der Waals surface area contributed by atoms with E-state index in [4.69, 9.17) is 33.7 Å². The molecule has 0 bridgehead atoms. The number of anilines is 1. The summed E-state index contributed by atoms with van der Waals surface area (Å²) in [6, 6.07) is 10.7. The molecule has 0 heterocycles. The fraction of sp³-hybridized carbons (Fsp3) is 0.133. The average Bonchev–Trinajstić information content (AvgIpc) is 2.46. The van der Waals surface area contributed by atoms with Crippen LogP contribution in [0, 0.1) is 0 Å². The van der Waals surface area contributed by atoms with E-state index in [0.717, 1.165) is 5.56 Å². The molecular formula is C15H13Cl2NO2S. The Labute approximate surface area is 137 Å². The first-order chi connectivity index (χ1) is 10.0. The summed E-state index contributed by atoms with van der Waals surface area (Å²) in [5.41, 5.74) is 7.61. The lowest BCUT2D eigenvalue weighted by Crippen LogP contribution is -2.05. The number of carbonyl (C=O) groups excluding carboxylic acids is 1. The van der Waals surface area contributed by atoms with Crippen LogP contribution in [-0.2, 0) is 10.5 Å². The summed E-state index contributed by atoms with van der Waals surface area (Å²) in [6.45, 7) is 0. The molecule has 0 unspecified atom stereocenters. The van der Waals surface area contributed by atoms with Crippen molar-refractivity contribution in [3.8, 4) is 0 Å². The summed E-state index contributed by atoms with van der Waals surface area (Å²) >= 11 is 13.5. The van der Waals surface area contributed by atoms with Gasteiger partial charge in [-0.3, -0.25) is 0 Å². The number of methoxy groups -OCH3 is 1. The molecule has 110 valence electrons. The Hall–Kier alpha value is -1.36. The van der Waals surface area contributed by atoms with Crippen LogP contribution in [0.15, 0.2) is 41.3 Å². The molecule has 2 aromatic rings. The van der Waals surface area contributed by atoms with Crippen LogP contribution in [0.5, 0.6) is 0 Å². The highest BCUT2D eigenvalue weighted by atomic mass is 35.5. The number of hydrogen-bond donors (Lipinski definition) is 1. The standard InChI is InChI=1S/C15H13Cl2NO2S/c1-20-15(19)12-6-11(18)7-13(17)14(12)21-8-9-2-4-10(16)5-3-9/h2-7H,8,18H2,1H3. The molecule has 0 saturated heterocycles. The Bertz CT molecular complexity index is 659. The van der Waals surface area contributed by atoms with Crippen molar-refractivity contribution in [2.45, 2.75) is 10.6 Å². The zero-order valence-electron chi connectivity index (χ0n) is 11.2. The third kappa shape index (κ3) is 4.06. The van der Waals surface area contributed by atoms with E-state index in [9.17, 15) is 4.79 Å². The van der Waals surface area contributed by atoms with Gasteiger partial charge in [0, 0.05) is 21.4 Å². The zero-order valence-corrected chi connectivity index (χ0v) is 13.6. The van der Waals surface area contributed by atoms with Crippen LogP contribution >= 0.6 is 35.0 Å². The Morgan fingerprint density at radius 2 is 1.90 bits per heavy atom. The number of halogens is 2. The van der Waals surface area contributed by atoms with Crippen molar-refractivity contribution in [3.05, 3.63) is 57.6 Å². The van der Waals surface area contributed by atoms with Crippen LogP contribution in [0.3, 0.4) is 0 Å². The van der Waals surface area contributed by atoms with Gasteiger partial charge >= 0.3 is 5.97 Å². The minimum Gasteiger partial charge on any atom is -0.465 e. The lowest BCUT2D eigenvalue weighted by atomic mass is 10.2. The molecule has 0 radical (unpaired) electrons. The van der Waals surface area contributed by atoms with Crippen molar-refractivity contribution in [3.63, 3.8) is 0 Å². The van der Waals surface area contributed by atoms with Gasteiger partial charge in [-0.1, -0.05) is 35.3 Å². The third-order valence-corrected chi connectivity index (χ3v) is 4.64. The molecular weight excluding hydrogens is 329 g/mol. The van der Waals surface area contributed by atoms with Gasteiger partial charge < -0.3 is 10.5 Å². The number of benzene rings is 2. The van der Waals surface area contributed by atoms with E-state index in [1.165, 1.54) is 18.9 Å². The molecule has 21 heavy (non-hydrogen) atoms. The van der Waals surface area contributed by atoms with Gasteiger partial charge in [0.2, 0.25) is 0 Å². The Balaban J connectivity index is 2.26. The van der Waals surface area contributed by atoms with Crippen molar-refractivity contribution in [1.29, 1.82) is 0 Å². The van der Waals surface area contributed by atoms with E-state index in [2.05, 4.69) is 0 Å². The van der Waals surface area contributed by atoms with Gasteiger partial charge in [-0.25, -0.2) is 4.79 Å². The molecule has 0 saturated carbocycles. The SMILES string of the molecule is COC(=O)c1cc(N)cc(Cl)c1SCc1ccc(Cl)cc1. The van der Waals surface area contributed by atoms with Gasteiger partial charge in [-0.2, -0.15) is 0 Å². The number of esters is 1. The number of carbonyl (C=O) groups is 1. The van der Waals surface area contributed by atoms with Crippen molar-refractivity contribution in [1.82, 2.24) is 0 Å². The van der Waals surface area contributed by atoms with Crippen molar-refractivity contribution < 1.29 is 9.53 Å². The Morgan fingerprint density at radius 1 is 1.24 bits per heavy atom. The van der Waals surface area contributed by atoms with Gasteiger partial charge in [-0.05, 0) is 29.8 Å². The minimum atomic E-state index is -0.456. The van der Waals surface area contributed by atoms with Gasteiger partial charge in [0.25, 0.3) is 0 Å². The Morgan fingerprint density at radius 3 is 2.52 bits per heavy atom. The third-order valence-electron chi connectivity index (χ3n) is 2.77. The minimum absolute atomic E-state index is 0.376. The van der Waals surface area contributed by atoms with Crippen LogP contribution in [0.4, 0.5) is 5.69 Å². The lowest BCUT2D eigenvalue weighted by Gasteiger charge is -2.11. The van der Waals surface area contributed by atoms with Gasteiger partial charge in [-0.15, -0.1) is 11.8 Å². The molecule has 6 heteroatoms. The summed E-state index contributed by atoms with van der Waals surface area (Å²) in [5.74, 6) is 0.202. The smallest absolute Gasteiger partial charge is 0.339 e. The van der Waals surface area contributed by atoms with Gasteiger partial charge in [0.05, 0.1) is 17.7 Å². The quantitative estimate of drug-likeness (QED) is 0.499. The number of rotatable bonds is 4. The maximum absolute atomic E-state index is 11.8. The highest BCUT2D eigenvalue weighted by molar-refractivity contribution is 7.98. The number of nitrogen functional groups attached to an aromatic ring is 1. The monoisotopic (exact) mass is 341 g/mol. The first-order valence-electron chi connectivity index (χ1n) is 6.06. The second-order valence-corrected chi connectivity index (χ2v) is 6.12. The second kappa shape index (κ2) is 7.07. The number of thioether (sulfide) groups is 1. The van der Waals surface area contributed by atoms with E-state index in [-0.39, 0.29) is 0 Å². The first-order valence-corrected chi connectivity index (χ1v) is 7.80. The predicted molar refractivity (Wildman–Crippen MR) is 88.2 cm³/mol. The molecule has 2 aromatic carbocycles. The normalized spacial score (nSPS) is 10.4. The zero-order chi connectivity index (χ0) is 15.4. The molecule has 2 rings (SSSR count). The van der Waals surface area contributed by atoms with E-state index in [1.54, 1.807) is 12.1 Å². The van der Waals surface area contributed by atoms with Crippen molar-refractivity contribution >= 4 is 46.6 Å².